The minimum Gasteiger partial charge on any atom is -0.271 e. The van der Waals surface area contributed by atoms with Gasteiger partial charge < -0.3 is 0 Å². The number of hydrazine groups is 1. The quantitative estimate of drug-likeness (QED) is 0.660. The van der Waals surface area contributed by atoms with Crippen molar-refractivity contribution >= 4 is 11.6 Å². The van der Waals surface area contributed by atoms with Crippen molar-refractivity contribution in [2.24, 2.45) is 5.84 Å². The maximum atomic E-state index is 13.0. The number of nitrogens with zero attached hydrogens (tertiary/aromatic N) is 1. The lowest BCUT2D eigenvalue weighted by Gasteiger charge is -2.17. The number of hydrogen-bond acceptors (Lipinski definition) is 3. The molecule has 0 spiro atoms. The van der Waals surface area contributed by atoms with E-state index in [9.17, 15) is 4.39 Å². The van der Waals surface area contributed by atoms with Crippen LogP contribution in [-0.4, -0.2) is 4.98 Å². The van der Waals surface area contributed by atoms with Gasteiger partial charge in [-0.05, 0) is 41.8 Å². The first-order valence-corrected chi connectivity index (χ1v) is 5.88. The van der Waals surface area contributed by atoms with Crippen molar-refractivity contribution in [1.29, 1.82) is 0 Å². The summed E-state index contributed by atoms with van der Waals surface area (Å²) < 4.78 is 13.0. The van der Waals surface area contributed by atoms with Gasteiger partial charge in [-0.3, -0.25) is 16.3 Å². The van der Waals surface area contributed by atoms with Gasteiger partial charge in [-0.2, -0.15) is 0 Å². The van der Waals surface area contributed by atoms with E-state index >= 15 is 0 Å². The van der Waals surface area contributed by atoms with Crippen LogP contribution in [0.3, 0.4) is 0 Å². The van der Waals surface area contributed by atoms with Gasteiger partial charge in [-0.15, -0.1) is 0 Å². The summed E-state index contributed by atoms with van der Waals surface area (Å²) in [6.07, 6.45) is 4.09. The number of hydrogen-bond donors (Lipinski definition) is 2. The van der Waals surface area contributed by atoms with Crippen molar-refractivity contribution in [3.8, 4) is 0 Å². The molecular weight excluding hydrogens is 253 g/mol. The number of aromatic nitrogens is 1. The molecule has 0 aliphatic heterocycles. The van der Waals surface area contributed by atoms with E-state index in [1.165, 1.54) is 12.1 Å². The number of rotatable bonds is 4. The summed E-state index contributed by atoms with van der Waals surface area (Å²) in [7, 11) is 0. The van der Waals surface area contributed by atoms with E-state index in [4.69, 9.17) is 17.4 Å². The normalized spacial score (nSPS) is 12.4. The Hall–Kier alpha value is -1.49. The summed E-state index contributed by atoms with van der Waals surface area (Å²) in [6, 6.07) is 7.94. The maximum Gasteiger partial charge on any atom is 0.124 e. The Bertz CT molecular complexity index is 519. The molecule has 1 aromatic carbocycles. The topological polar surface area (TPSA) is 50.9 Å². The zero-order valence-corrected chi connectivity index (χ0v) is 10.4. The van der Waals surface area contributed by atoms with E-state index in [2.05, 4.69) is 10.4 Å². The largest absolute Gasteiger partial charge is 0.271 e. The Labute approximate surface area is 110 Å². The second-order valence-corrected chi connectivity index (χ2v) is 4.35. The summed E-state index contributed by atoms with van der Waals surface area (Å²) in [4.78, 5) is 3.95. The first kappa shape index (κ1) is 13.0. The molecule has 1 atom stereocenters. The van der Waals surface area contributed by atoms with Gasteiger partial charge in [0.25, 0.3) is 0 Å². The summed E-state index contributed by atoms with van der Waals surface area (Å²) in [5, 5.41) is 0.368. The standard InChI is InChI=1S/C13H13ClFN3/c14-12-8-10(15)1-2-11(12)13(18-16)7-9-3-5-17-6-4-9/h1-6,8,13,18H,7,16H2. The zero-order valence-electron chi connectivity index (χ0n) is 9.61. The van der Waals surface area contributed by atoms with E-state index in [1.807, 2.05) is 12.1 Å². The Morgan fingerprint density at radius 1 is 1.28 bits per heavy atom. The van der Waals surface area contributed by atoms with Crippen molar-refractivity contribution in [3.05, 3.63) is 64.7 Å². The SMILES string of the molecule is NNC(Cc1ccncc1)c1ccc(F)cc1Cl. The first-order chi connectivity index (χ1) is 8.70. The van der Waals surface area contributed by atoms with Crippen molar-refractivity contribution in [1.82, 2.24) is 10.4 Å². The lowest BCUT2D eigenvalue weighted by Crippen LogP contribution is -2.29. The van der Waals surface area contributed by atoms with Crippen LogP contribution in [-0.2, 0) is 6.42 Å². The van der Waals surface area contributed by atoms with Crippen LogP contribution in [0.4, 0.5) is 4.39 Å². The molecule has 0 saturated heterocycles. The van der Waals surface area contributed by atoms with E-state index in [0.29, 0.717) is 11.4 Å². The Kier molecular flexibility index (Phi) is 4.25. The van der Waals surface area contributed by atoms with Gasteiger partial charge in [-0.1, -0.05) is 17.7 Å². The number of halogens is 2. The molecule has 0 aliphatic carbocycles. The monoisotopic (exact) mass is 265 g/mol. The molecule has 2 aromatic rings. The van der Waals surface area contributed by atoms with E-state index in [1.54, 1.807) is 18.5 Å². The predicted molar refractivity (Wildman–Crippen MR) is 69.4 cm³/mol. The van der Waals surface area contributed by atoms with Crippen LogP contribution in [0.5, 0.6) is 0 Å². The molecule has 18 heavy (non-hydrogen) atoms. The predicted octanol–water partition coefficient (Wildman–Crippen LogP) is 2.62. The van der Waals surface area contributed by atoms with Gasteiger partial charge in [0.05, 0.1) is 6.04 Å². The summed E-state index contributed by atoms with van der Waals surface area (Å²) in [5.74, 6) is 5.18. The zero-order chi connectivity index (χ0) is 13.0. The molecule has 3 N–H and O–H groups in total. The molecule has 1 unspecified atom stereocenters. The fourth-order valence-electron chi connectivity index (χ4n) is 1.80. The maximum absolute atomic E-state index is 13.0. The first-order valence-electron chi connectivity index (χ1n) is 5.50. The average Bonchev–Trinajstić information content (AvgIpc) is 2.38. The lowest BCUT2D eigenvalue weighted by atomic mass is 10.00. The van der Waals surface area contributed by atoms with E-state index < -0.39 is 0 Å². The third-order valence-electron chi connectivity index (χ3n) is 2.73. The van der Waals surface area contributed by atoms with Crippen LogP contribution in [0, 0.1) is 5.82 Å². The van der Waals surface area contributed by atoms with Gasteiger partial charge in [0.1, 0.15) is 5.82 Å². The second-order valence-electron chi connectivity index (χ2n) is 3.94. The third-order valence-corrected chi connectivity index (χ3v) is 3.06. The molecule has 1 aromatic heterocycles. The molecule has 94 valence electrons. The van der Waals surface area contributed by atoms with Crippen LogP contribution < -0.4 is 11.3 Å². The Morgan fingerprint density at radius 2 is 2.00 bits per heavy atom. The van der Waals surface area contributed by atoms with Gasteiger partial charge in [0.15, 0.2) is 0 Å². The number of pyridine rings is 1. The number of benzene rings is 1. The fourth-order valence-corrected chi connectivity index (χ4v) is 2.10. The number of nitrogens with one attached hydrogen (secondary N) is 1. The number of nitrogens with two attached hydrogens (primary N) is 1. The smallest absolute Gasteiger partial charge is 0.124 e. The van der Waals surface area contributed by atoms with Gasteiger partial charge in [0, 0.05) is 17.4 Å². The van der Waals surface area contributed by atoms with Crippen molar-refractivity contribution in [2.75, 3.05) is 0 Å². The molecule has 0 amide bonds. The van der Waals surface area contributed by atoms with Crippen molar-refractivity contribution in [2.45, 2.75) is 12.5 Å². The molecule has 2 rings (SSSR count). The molecule has 0 saturated carbocycles. The van der Waals surface area contributed by atoms with Gasteiger partial charge in [-0.25, -0.2) is 4.39 Å². The Morgan fingerprint density at radius 3 is 2.61 bits per heavy atom. The second kappa shape index (κ2) is 5.91. The van der Waals surface area contributed by atoms with E-state index in [-0.39, 0.29) is 11.9 Å². The molecular formula is C13H13ClFN3. The lowest BCUT2D eigenvalue weighted by molar-refractivity contribution is 0.549. The summed E-state index contributed by atoms with van der Waals surface area (Å²) >= 11 is 6.02. The molecule has 1 heterocycles. The van der Waals surface area contributed by atoms with Crippen molar-refractivity contribution < 1.29 is 4.39 Å². The average molecular weight is 266 g/mol. The minimum atomic E-state index is -0.358. The highest BCUT2D eigenvalue weighted by atomic mass is 35.5. The van der Waals surface area contributed by atoms with E-state index in [0.717, 1.165) is 11.1 Å². The van der Waals surface area contributed by atoms with Gasteiger partial charge in [0.2, 0.25) is 0 Å². The highest BCUT2D eigenvalue weighted by Crippen LogP contribution is 2.25. The molecule has 0 fully saturated rings. The van der Waals surface area contributed by atoms with Gasteiger partial charge >= 0.3 is 0 Å². The van der Waals surface area contributed by atoms with Crippen LogP contribution in [0.25, 0.3) is 0 Å². The highest BCUT2D eigenvalue weighted by Gasteiger charge is 2.14. The fraction of sp³-hybridized carbons (Fsp3) is 0.154. The summed E-state index contributed by atoms with van der Waals surface area (Å²) in [6.45, 7) is 0. The minimum absolute atomic E-state index is 0.166. The molecule has 0 aliphatic rings. The van der Waals surface area contributed by atoms with Crippen LogP contribution in [0.2, 0.25) is 5.02 Å². The summed E-state index contributed by atoms with van der Waals surface area (Å²) in [5.41, 5.74) is 4.55. The Balaban J connectivity index is 2.23. The van der Waals surface area contributed by atoms with Crippen molar-refractivity contribution in [3.63, 3.8) is 0 Å². The van der Waals surface area contributed by atoms with Crippen LogP contribution >= 0.6 is 11.6 Å². The van der Waals surface area contributed by atoms with Crippen LogP contribution in [0.15, 0.2) is 42.7 Å². The van der Waals surface area contributed by atoms with Crippen LogP contribution in [0.1, 0.15) is 17.2 Å². The molecule has 5 heteroatoms. The highest BCUT2D eigenvalue weighted by molar-refractivity contribution is 6.31. The third kappa shape index (κ3) is 3.04. The molecule has 0 bridgehead atoms. The molecule has 0 radical (unpaired) electrons. The molecule has 3 nitrogen and oxygen atoms in total.